The SMILES string of the molecule is O=C(C1CCC1)N1CC2CCC(C1)N(C(=O)c1ccc(F)c(F)c1)C2. The summed E-state index contributed by atoms with van der Waals surface area (Å²) in [5.41, 5.74) is 0.170. The summed E-state index contributed by atoms with van der Waals surface area (Å²) in [7, 11) is 0. The Morgan fingerprint density at radius 1 is 0.960 bits per heavy atom. The van der Waals surface area contributed by atoms with Crippen molar-refractivity contribution < 1.29 is 18.4 Å². The molecule has 25 heavy (non-hydrogen) atoms. The molecule has 1 aromatic rings. The first kappa shape index (κ1) is 16.5. The van der Waals surface area contributed by atoms with Crippen molar-refractivity contribution >= 4 is 11.8 Å². The molecule has 134 valence electrons. The zero-order valence-electron chi connectivity index (χ0n) is 14.1. The smallest absolute Gasteiger partial charge is 0.254 e. The minimum atomic E-state index is -1.01. The van der Waals surface area contributed by atoms with Gasteiger partial charge in [0.2, 0.25) is 5.91 Å². The van der Waals surface area contributed by atoms with E-state index < -0.39 is 11.6 Å². The molecule has 0 aromatic heterocycles. The molecular weight excluding hydrogens is 326 g/mol. The predicted molar refractivity (Wildman–Crippen MR) is 87.8 cm³/mol. The topological polar surface area (TPSA) is 40.6 Å². The third kappa shape index (κ3) is 3.02. The third-order valence-electron chi connectivity index (χ3n) is 5.91. The summed E-state index contributed by atoms with van der Waals surface area (Å²) in [6.07, 6.45) is 4.93. The van der Waals surface area contributed by atoms with Gasteiger partial charge in [-0.3, -0.25) is 9.59 Å². The number of hydrogen-bond donors (Lipinski definition) is 0. The second kappa shape index (κ2) is 6.39. The quantitative estimate of drug-likeness (QED) is 0.825. The monoisotopic (exact) mass is 348 g/mol. The first-order valence-corrected chi connectivity index (χ1v) is 9.07. The summed E-state index contributed by atoms with van der Waals surface area (Å²) in [4.78, 5) is 29.1. The molecule has 2 bridgehead atoms. The maximum absolute atomic E-state index is 13.5. The van der Waals surface area contributed by atoms with E-state index in [-0.39, 0.29) is 35.3 Å². The van der Waals surface area contributed by atoms with Crippen molar-refractivity contribution in [1.29, 1.82) is 0 Å². The zero-order valence-corrected chi connectivity index (χ0v) is 14.1. The van der Waals surface area contributed by atoms with Crippen LogP contribution in [0, 0.1) is 23.5 Å². The number of nitrogens with zero attached hydrogens (tertiary/aromatic N) is 2. The van der Waals surface area contributed by atoms with E-state index in [2.05, 4.69) is 0 Å². The van der Waals surface area contributed by atoms with Gasteiger partial charge >= 0.3 is 0 Å². The number of rotatable bonds is 2. The van der Waals surface area contributed by atoms with Crippen LogP contribution < -0.4 is 0 Å². The predicted octanol–water partition coefficient (Wildman–Crippen LogP) is 2.83. The Balaban J connectivity index is 1.52. The highest BCUT2D eigenvalue weighted by atomic mass is 19.2. The lowest BCUT2D eigenvalue weighted by Gasteiger charge is -2.36. The Hall–Kier alpha value is -1.98. The van der Waals surface area contributed by atoms with Crippen molar-refractivity contribution in [3.63, 3.8) is 0 Å². The van der Waals surface area contributed by atoms with Crippen LogP contribution >= 0.6 is 0 Å². The molecule has 6 heteroatoms. The number of carbonyl (C=O) groups excluding carboxylic acids is 2. The van der Waals surface area contributed by atoms with Gasteiger partial charge < -0.3 is 9.80 Å². The van der Waals surface area contributed by atoms with Crippen LogP contribution in [-0.2, 0) is 4.79 Å². The van der Waals surface area contributed by atoms with Crippen LogP contribution in [0.2, 0.25) is 0 Å². The Labute approximate surface area is 145 Å². The summed E-state index contributed by atoms with van der Waals surface area (Å²) >= 11 is 0. The molecule has 1 aromatic carbocycles. The second-order valence-electron chi connectivity index (χ2n) is 7.55. The lowest BCUT2D eigenvalue weighted by Crippen LogP contribution is -2.48. The summed E-state index contributed by atoms with van der Waals surface area (Å²) in [5, 5.41) is 0. The van der Waals surface area contributed by atoms with Gasteiger partial charge in [0.15, 0.2) is 11.6 Å². The summed E-state index contributed by atoms with van der Waals surface area (Å²) in [6.45, 7) is 1.84. The standard InChI is InChI=1S/C19H22F2N2O2/c20-16-7-5-14(8-17(16)21)19(25)23-10-12-4-6-15(23)11-22(9-12)18(24)13-2-1-3-13/h5,7-8,12-13,15H,1-4,6,9-11H2. The number of carbonyl (C=O) groups is 2. The van der Waals surface area contributed by atoms with E-state index in [1.807, 2.05) is 4.90 Å². The molecule has 4 fully saturated rings. The van der Waals surface area contributed by atoms with Gasteiger partial charge in [-0.25, -0.2) is 8.78 Å². The largest absolute Gasteiger partial charge is 0.340 e. The van der Waals surface area contributed by atoms with Crippen molar-refractivity contribution in [3.05, 3.63) is 35.4 Å². The van der Waals surface area contributed by atoms with E-state index in [1.165, 1.54) is 6.07 Å². The summed E-state index contributed by atoms with van der Waals surface area (Å²) in [6, 6.07) is 3.25. The Morgan fingerprint density at radius 3 is 2.44 bits per heavy atom. The highest BCUT2D eigenvalue weighted by Gasteiger charge is 2.40. The molecule has 3 saturated heterocycles. The fraction of sp³-hybridized carbons (Fsp3) is 0.579. The molecule has 4 nitrogen and oxygen atoms in total. The van der Waals surface area contributed by atoms with Crippen molar-refractivity contribution in [2.75, 3.05) is 19.6 Å². The van der Waals surface area contributed by atoms with Crippen molar-refractivity contribution in [1.82, 2.24) is 9.80 Å². The molecule has 1 saturated carbocycles. The molecule has 4 aliphatic rings. The molecule has 0 radical (unpaired) electrons. The lowest BCUT2D eigenvalue weighted by atomic mass is 9.84. The average Bonchev–Trinajstić information content (AvgIpc) is 2.87. The molecule has 1 aliphatic carbocycles. The van der Waals surface area contributed by atoms with Crippen molar-refractivity contribution in [2.45, 2.75) is 38.1 Å². The molecule has 3 heterocycles. The number of amides is 2. The first-order chi connectivity index (χ1) is 12.0. The Morgan fingerprint density at radius 2 is 1.76 bits per heavy atom. The van der Waals surface area contributed by atoms with E-state index in [1.54, 1.807) is 4.90 Å². The average molecular weight is 348 g/mol. The number of hydrogen-bond acceptors (Lipinski definition) is 2. The second-order valence-corrected chi connectivity index (χ2v) is 7.55. The van der Waals surface area contributed by atoms with E-state index in [0.717, 1.165) is 44.2 Å². The van der Waals surface area contributed by atoms with Gasteiger partial charge in [0.25, 0.3) is 5.91 Å². The Bertz CT molecular complexity index is 705. The number of halogens is 2. The van der Waals surface area contributed by atoms with Crippen LogP contribution in [0.25, 0.3) is 0 Å². The van der Waals surface area contributed by atoms with Gasteiger partial charge in [-0.15, -0.1) is 0 Å². The molecule has 0 spiro atoms. The maximum atomic E-state index is 13.5. The minimum Gasteiger partial charge on any atom is -0.340 e. The minimum absolute atomic E-state index is 0.0385. The van der Waals surface area contributed by atoms with Gasteiger partial charge in [0, 0.05) is 37.2 Å². The number of fused-ring (bicyclic) bond motifs is 4. The van der Waals surface area contributed by atoms with Crippen LogP contribution in [0.1, 0.15) is 42.5 Å². The fourth-order valence-corrected chi connectivity index (χ4v) is 4.22. The first-order valence-electron chi connectivity index (χ1n) is 9.07. The van der Waals surface area contributed by atoms with Crippen LogP contribution in [-0.4, -0.2) is 47.3 Å². The van der Waals surface area contributed by atoms with Gasteiger partial charge in [-0.05, 0) is 49.8 Å². The van der Waals surface area contributed by atoms with E-state index in [9.17, 15) is 18.4 Å². The van der Waals surface area contributed by atoms with Crippen LogP contribution in [0.5, 0.6) is 0 Å². The van der Waals surface area contributed by atoms with Crippen LogP contribution in [0.15, 0.2) is 18.2 Å². The molecule has 2 amide bonds. The highest BCUT2D eigenvalue weighted by molar-refractivity contribution is 5.94. The van der Waals surface area contributed by atoms with E-state index >= 15 is 0 Å². The van der Waals surface area contributed by atoms with Gasteiger partial charge in [0.05, 0.1) is 0 Å². The third-order valence-corrected chi connectivity index (χ3v) is 5.91. The molecule has 2 unspecified atom stereocenters. The summed E-state index contributed by atoms with van der Waals surface area (Å²) < 4.78 is 26.6. The number of benzene rings is 1. The molecule has 0 N–H and O–H groups in total. The fourth-order valence-electron chi connectivity index (χ4n) is 4.22. The van der Waals surface area contributed by atoms with E-state index in [4.69, 9.17) is 0 Å². The van der Waals surface area contributed by atoms with Crippen molar-refractivity contribution in [2.24, 2.45) is 11.8 Å². The number of piperidine rings is 1. The van der Waals surface area contributed by atoms with Crippen LogP contribution in [0.4, 0.5) is 8.78 Å². The van der Waals surface area contributed by atoms with Gasteiger partial charge in [0.1, 0.15) is 0 Å². The van der Waals surface area contributed by atoms with Gasteiger partial charge in [-0.2, -0.15) is 0 Å². The molecule has 5 rings (SSSR count). The highest BCUT2D eigenvalue weighted by Crippen LogP contribution is 2.33. The summed E-state index contributed by atoms with van der Waals surface area (Å²) in [5.74, 6) is -1.58. The molecular formula is C19H22F2N2O2. The molecule has 2 atom stereocenters. The maximum Gasteiger partial charge on any atom is 0.254 e. The van der Waals surface area contributed by atoms with E-state index in [0.29, 0.717) is 19.6 Å². The Kier molecular flexibility index (Phi) is 4.21. The lowest BCUT2D eigenvalue weighted by molar-refractivity contribution is -0.138. The van der Waals surface area contributed by atoms with Crippen LogP contribution in [0.3, 0.4) is 0 Å². The zero-order chi connectivity index (χ0) is 17.6. The van der Waals surface area contributed by atoms with Gasteiger partial charge in [-0.1, -0.05) is 6.42 Å². The normalized spacial score (nSPS) is 26.3. The molecule has 3 aliphatic heterocycles. The van der Waals surface area contributed by atoms with Crippen molar-refractivity contribution in [3.8, 4) is 0 Å².